The average Bonchev–Trinajstić information content (AvgIpc) is 2.87. The number of ketones is 1. The number of nitrogens with zero attached hydrogens (tertiary/aromatic N) is 2. The van der Waals surface area contributed by atoms with E-state index in [-0.39, 0.29) is 5.78 Å². The number of carbonyl (C=O) groups is 1. The van der Waals surface area contributed by atoms with E-state index in [1.165, 1.54) is 0 Å². The Kier molecular flexibility index (Phi) is 3.68. The third-order valence-electron chi connectivity index (χ3n) is 3.39. The summed E-state index contributed by atoms with van der Waals surface area (Å²) in [5, 5.41) is 4.22. The van der Waals surface area contributed by atoms with E-state index >= 15 is 0 Å². The van der Waals surface area contributed by atoms with Gasteiger partial charge < -0.3 is 5.73 Å². The van der Waals surface area contributed by atoms with Crippen molar-refractivity contribution in [1.82, 2.24) is 9.78 Å². The van der Waals surface area contributed by atoms with E-state index in [4.69, 9.17) is 5.73 Å². The highest BCUT2D eigenvalue weighted by Gasteiger charge is 2.39. The Labute approximate surface area is 110 Å². The number of rotatable bonds is 4. The van der Waals surface area contributed by atoms with Crippen molar-refractivity contribution in [3.63, 3.8) is 0 Å². The monoisotopic (exact) mass is 299 g/mol. The second kappa shape index (κ2) is 4.90. The fraction of sp³-hybridized carbons (Fsp3) is 0.667. The molecule has 0 atom stereocenters. The zero-order valence-electron chi connectivity index (χ0n) is 10.1. The van der Waals surface area contributed by atoms with Gasteiger partial charge in [-0.3, -0.25) is 9.48 Å². The first kappa shape index (κ1) is 12.8. The lowest BCUT2D eigenvalue weighted by atomic mass is 9.91. The second-order valence-corrected chi connectivity index (χ2v) is 5.61. The van der Waals surface area contributed by atoms with Crippen LogP contribution in [0.3, 0.4) is 0 Å². The number of aryl methyl sites for hydroxylation is 1. The molecule has 0 unspecified atom stereocenters. The largest absolute Gasteiger partial charge is 0.319 e. The predicted molar refractivity (Wildman–Crippen MR) is 69.9 cm³/mol. The van der Waals surface area contributed by atoms with E-state index in [1.54, 1.807) is 10.9 Å². The van der Waals surface area contributed by atoms with Gasteiger partial charge in [-0.05, 0) is 35.2 Å². The molecule has 1 saturated carbocycles. The van der Waals surface area contributed by atoms with Crippen molar-refractivity contribution < 1.29 is 4.79 Å². The van der Waals surface area contributed by atoms with E-state index in [0.29, 0.717) is 5.69 Å². The highest BCUT2D eigenvalue weighted by Crippen LogP contribution is 2.32. The van der Waals surface area contributed by atoms with Crippen LogP contribution in [0.25, 0.3) is 0 Å². The van der Waals surface area contributed by atoms with Gasteiger partial charge in [0.05, 0.1) is 16.2 Å². The third-order valence-corrected chi connectivity index (χ3v) is 3.97. The number of hydrogen-bond donors (Lipinski definition) is 1. The summed E-state index contributed by atoms with van der Waals surface area (Å²) >= 11 is 3.40. The summed E-state index contributed by atoms with van der Waals surface area (Å²) in [6.07, 6.45) is 6.29. The van der Waals surface area contributed by atoms with E-state index in [0.717, 1.165) is 43.1 Å². The Bertz CT molecular complexity index is 421. The van der Waals surface area contributed by atoms with Crippen LogP contribution in [0, 0.1) is 0 Å². The van der Waals surface area contributed by atoms with Gasteiger partial charge in [0.15, 0.2) is 0 Å². The van der Waals surface area contributed by atoms with Gasteiger partial charge in [-0.15, -0.1) is 0 Å². The molecule has 5 heteroatoms. The Hall–Kier alpha value is -0.680. The fourth-order valence-electron chi connectivity index (χ4n) is 2.44. The molecule has 4 nitrogen and oxygen atoms in total. The molecule has 1 aromatic heterocycles. The molecule has 0 bridgehead atoms. The average molecular weight is 300 g/mol. The molecule has 0 aromatic carbocycles. The summed E-state index contributed by atoms with van der Waals surface area (Å²) < 4.78 is 2.52. The summed E-state index contributed by atoms with van der Waals surface area (Å²) in [5.41, 5.74) is 6.18. The smallest absolute Gasteiger partial charge is 0.201 e. The molecule has 0 amide bonds. The molecule has 0 saturated heterocycles. The number of aromatic nitrogens is 2. The Morgan fingerprint density at radius 2 is 2.24 bits per heavy atom. The molecule has 1 aliphatic carbocycles. The van der Waals surface area contributed by atoms with Crippen molar-refractivity contribution in [1.29, 1.82) is 0 Å². The molecule has 2 N–H and O–H groups in total. The molecule has 0 radical (unpaired) electrons. The molecular formula is C12H18BrN3O. The van der Waals surface area contributed by atoms with Crippen molar-refractivity contribution in [2.24, 2.45) is 5.73 Å². The van der Waals surface area contributed by atoms with Gasteiger partial charge in [0.25, 0.3) is 0 Å². The lowest BCUT2D eigenvalue weighted by Crippen LogP contribution is -2.46. The molecule has 17 heavy (non-hydrogen) atoms. The molecule has 1 heterocycles. The first-order valence-electron chi connectivity index (χ1n) is 6.13. The summed E-state index contributed by atoms with van der Waals surface area (Å²) in [6, 6.07) is 0. The molecule has 94 valence electrons. The van der Waals surface area contributed by atoms with Gasteiger partial charge in [-0.1, -0.05) is 19.8 Å². The van der Waals surface area contributed by atoms with E-state index in [2.05, 4.69) is 28.0 Å². The lowest BCUT2D eigenvalue weighted by molar-refractivity contribution is 0.0879. The summed E-state index contributed by atoms with van der Waals surface area (Å²) in [6.45, 7) is 2.82. The van der Waals surface area contributed by atoms with E-state index in [9.17, 15) is 4.79 Å². The minimum Gasteiger partial charge on any atom is -0.319 e. The Balaban J connectivity index is 2.32. The van der Waals surface area contributed by atoms with E-state index in [1.807, 2.05) is 0 Å². The molecule has 0 spiro atoms. The first-order chi connectivity index (χ1) is 8.08. The van der Waals surface area contributed by atoms with Gasteiger partial charge >= 0.3 is 0 Å². The van der Waals surface area contributed by atoms with Crippen LogP contribution in [-0.2, 0) is 6.54 Å². The first-order valence-corrected chi connectivity index (χ1v) is 6.93. The van der Waals surface area contributed by atoms with Crippen molar-refractivity contribution in [2.45, 2.75) is 51.1 Å². The molecule has 1 aromatic rings. The lowest BCUT2D eigenvalue weighted by Gasteiger charge is -2.22. The zero-order chi connectivity index (χ0) is 12.5. The Morgan fingerprint density at radius 3 is 2.82 bits per heavy atom. The minimum atomic E-state index is -0.673. The highest BCUT2D eigenvalue weighted by molar-refractivity contribution is 9.10. The van der Waals surface area contributed by atoms with Gasteiger partial charge in [-0.25, -0.2) is 0 Å². The number of halogens is 1. The molecule has 1 fully saturated rings. The van der Waals surface area contributed by atoms with Crippen LogP contribution in [0.4, 0.5) is 0 Å². The van der Waals surface area contributed by atoms with Crippen molar-refractivity contribution in [3.05, 3.63) is 16.4 Å². The quantitative estimate of drug-likeness (QED) is 0.869. The fourth-order valence-corrected chi connectivity index (χ4v) is 2.91. The standard InChI is InChI=1S/C12H18BrN3O/c1-2-7-16-10(9(13)8-15-16)11(17)12(14)5-3-4-6-12/h8H,2-7,14H2,1H3. The second-order valence-electron chi connectivity index (χ2n) is 4.76. The maximum absolute atomic E-state index is 12.5. The maximum atomic E-state index is 12.5. The number of carbonyl (C=O) groups excluding carboxylic acids is 1. The topological polar surface area (TPSA) is 60.9 Å². The maximum Gasteiger partial charge on any atom is 0.201 e. The third kappa shape index (κ3) is 2.31. The number of hydrogen-bond acceptors (Lipinski definition) is 3. The van der Waals surface area contributed by atoms with Crippen molar-refractivity contribution in [3.8, 4) is 0 Å². The number of nitrogens with two attached hydrogens (primary N) is 1. The zero-order valence-corrected chi connectivity index (χ0v) is 11.7. The van der Waals surface area contributed by atoms with Crippen molar-refractivity contribution >= 4 is 21.7 Å². The molecule has 0 aliphatic heterocycles. The summed E-state index contributed by atoms with van der Waals surface area (Å²) in [7, 11) is 0. The van der Waals surface area contributed by atoms with Gasteiger partial charge in [0.2, 0.25) is 5.78 Å². The van der Waals surface area contributed by atoms with Gasteiger partial charge in [0.1, 0.15) is 5.69 Å². The van der Waals surface area contributed by atoms with Crippen molar-refractivity contribution in [2.75, 3.05) is 0 Å². The minimum absolute atomic E-state index is 0.0350. The van der Waals surface area contributed by atoms with Crippen LogP contribution < -0.4 is 5.73 Å². The SMILES string of the molecule is CCCn1ncc(Br)c1C(=O)C1(N)CCCC1. The predicted octanol–water partition coefficient (Wildman–Crippen LogP) is 2.51. The molecule has 2 rings (SSSR count). The van der Waals surface area contributed by atoms with Crippen LogP contribution in [0.1, 0.15) is 49.5 Å². The van der Waals surface area contributed by atoms with E-state index < -0.39 is 5.54 Å². The molecule has 1 aliphatic rings. The van der Waals surface area contributed by atoms with Crippen LogP contribution in [-0.4, -0.2) is 21.1 Å². The Morgan fingerprint density at radius 1 is 1.59 bits per heavy atom. The summed E-state index contributed by atoms with van der Waals surface area (Å²) in [5.74, 6) is 0.0350. The van der Waals surface area contributed by atoms with Crippen LogP contribution in [0.5, 0.6) is 0 Å². The van der Waals surface area contributed by atoms with Gasteiger partial charge in [0, 0.05) is 6.54 Å². The van der Waals surface area contributed by atoms with Gasteiger partial charge in [-0.2, -0.15) is 5.10 Å². The molecular weight excluding hydrogens is 282 g/mol. The summed E-state index contributed by atoms with van der Waals surface area (Å²) in [4.78, 5) is 12.5. The van der Waals surface area contributed by atoms with Crippen LogP contribution in [0.15, 0.2) is 10.7 Å². The van der Waals surface area contributed by atoms with Crippen LogP contribution >= 0.6 is 15.9 Å². The number of Topliss-reactive ketones (excluding diaryl/α,β-unsaturated/α-hetero) is 1. The normalized spacial score (nSPS) is 18.5. The van der Waals surface area contributed by atoms with Crippen LogP contribution in [0.2, 0.25) is 0 Å². The highest BCUT2D eigenvalue weighted by atomic mass is 79.9.